The first-order chi connectivity index (χ1) is 16.2. The van der Waals surface area contributed by atoms with Crippen LogP contribution in [0, 0.1) is 18.8 Å². The third-order valence-electron chi connectivity index (χ3n) is 7.21. The molecule has 8 nitrogen and oxygen atoms in total. The normalized spacial score (nSPS) is 27.3. The number of hydrogen-bond donors (Lipinski definition) is 3. The maximum Gasteiger partial charge on any atom is 0.303 e. The number of carboxylic acid groups (broad SMARTS) is 1. The molecule has 1 spiro atoms. The molecule has 176 valence electrons. The largest absolute Gasteiger partial charge is 0.481 e. The fraction of sp³-hybridized carbons (Fsp3) is 0.360. The van der Waals surface area contributed by atoms with Crippen molar-refractivity contribution in [3.63, 3.8) is 0 Å². The lowest BCUT2D eigenvalue weighted by molar-refractivity contribution is -0.143. The molecule has 4 atom stereocenters. The Bertz CT molecular complexity index is 1220. The number of nitrogens with one attached hydrogen (secondary N) is 2. The summed E-state index contributed by atoms with van der Waals surface area (Å²) in [5.41, 5.74) is 1.36. The number of rotatable bonds is 6. The van der Waals surface area contributed by atoms with E-state index in [0.29, 0.717) is 22.7 Å². The van der Waals surface area contributed by atoms with Crippen molar-refractivity contribution in [2.75, 3.05) is 11.9 Å². The van der Waals surface area contributed by atoms with E-state index >= 15 is 0 Å². The molecule has 3 N–H and O–H groups in total. The second kappa shape index (κ2) is 8.21. The first-order valence-electron chi connectivity index (χ1n) is 11.2. The van der Waals surface area contributed by atoms with Gasteiger partial charge in [0, 0.05) is 35.3 Å². The van der Waals surface area contributed by atoms with E-state index in [4.69, 9.17) is 11.6 Å². The number of imide groups is 1. The van der Waals surface area contributed by atoms with Crippen molar-refractivity contribution in [2.45, 2.75) is 37.8 Å². The molecular weight excluding hydrogens is 458 g/mol. The average Bonchev–Trinajstić information content (AvgIpc) is 3.37. The van der Waals surface area contributed by atoms with Crippen LogP contribution in [-0.2, 0) is 31.1 Å². The van der Waals surface area contributed by atoms with Crippen LogP contribution < -0.4 is 10.6 Å². The molecule has 3 aliphatic heterocycles. The molecule has 9 heteroatoms. The number of carbonyl (C=O) groups excluding carboxylic acids is 3. The number of amides is 3. The summed E-state index contributed by atoms with van der Waals surface area (Å²) in [6.07, 6.45) is 0.420. The summed E-state index contributed by atoms with van der Waals surface area (Å²) in [6.45, 7) is 2.01. The van der Waals surface area contributed by atoms with Gasteiger partial charge in [0.05, 0.1) is 11.8 Å². The van der Waals surface area contributed by atoms with E-state index in [0.717, 1.165) is 11.1 Å². The third kappa shape index (κ3) is 3.32. The van der Waals surface area contributed by atoms with Gasteiger partial charge in [-0.25, -0.2) is 0 Å². The highest BCUT2D eigenvalue weighted by Gasteiger charge is 2.70. The van der Waals surface area contributed by atoms with Gasteiger partial charge in [0.25, 0.3) is 0 Å². The van der Waals surface area contributed by atoms with Crippen LogP contribution in [0.5, 0.6) is 0 Å². The van der Waals surface area contributed by atoms with E-state index in [-0.39, 0.29) is 25.3 Å². The van der Waals surface area contributed by atoms with Crippen molar-refractivity contribution in [1.29, 1.82) is 0 Å². The highest BCUT2D eigenvalue weighted by atomic mass is 35.5. The number of hydrogen-bond acceptors (Lipinski definition) is 5. The average molecular weight is 482 g/mol. The van der Waals surface area contributed by atoms with Crippen LogP contribution in [0.15, 0.2) is 42.5 Å². The van der Waals surface area contributed by atoms with Crippen molar-refractivity contribution in [1.82, 2.24) is 10.2 Å². The molecule has 0 unspecified atom stereocenters. The quantitative estimate of drug-likeness (QED) is 0.546. The third-order valence-corrected chi connectivity index (χ3v) is 7.43. The number of fused-ring (bicyclic) bond motifs is 4. The summed E-state index contributed by atoms with van der Waals surface area (Å²) >= 11 is 6.32. The number of carboxylic acids is 1. The van der Waals surface area contributed by atoms with Crippen molar-refractivity contribution in [3.8, 4) is 0 Å². The molecule has 3 heterocycles. The van der Waals surface area contributed by atoms with Gasteiger partial charge in [-0.05, 0) is 43.0 Å². The number of carbonyl (C=O) groups is 4. The minimum atomic E-state index is -1.48. The number of nitrogens with zero attached hydrogens (tertiary/aromatic N) is 1. The SMILES string of the molecule is Cc1cc(Cl)cc2c1NC(=O)[C@@]21N[C@H](CCC(=O)O)[C@H]2C(=O)N(CCc3ccccc3)C(=O)[C@@H]21. The topological polar surface area (TPSA) is 116 Å². The highest BCUT2D eigenvalue weighted by Crippen LogP contribution is 2.54. The van der Waals surface area contributed by atoms with Gasteiger partial charge in [0.15, 0.2) is 0 Å². The Morgan fingerprint density at radius 3 is 2.59 bits per heavy atom. The maximum atomic E-state index is 13.7. The highest BCUT2D eigenvalue weighted by molar-refractivity contribution is 6.31. The Balaban J connectivity index is 1.55. The smallest absolute Gasteiger partial charge is 0.303 e. The number of likely N-dealkylation sites (tertiary alicyclic amines) is 1. The second-order valence-electron chi connectivity index (χ2n) is 9.16. The number of halogens is 1. The lowest BCUT2D eigenvalue weighted by Crippen LogP contribution is -2.53. The van der Waals surface area contributed by atoms with Gasteiger partial charge in [-0.3, -0.25) is 29.4 Å². The number of aliphatic carboxylic acids is 1. The molecule has 5 rings (SSSR count). The number of benzene rings is 2. The van der Waals surface area contributed by atoms with E-state index in [2.05, 4.69) is 10.6 Å². The molecule has 3 amide bonds. The van der Waals surface area contributed by atoms with Gasteiger partial charge in [-0.15, -0.1) is 0 Å². The Morgan fingerprint density at radius 2 is 1.88 bits per heavy atom. The fourth-order valence-corrected chi connectivity index (χ4v) is 6.00. The number of anilines is 1. The van der Waals surface area contributed by atoms with E-state index in [1.165, 1.54) is 4.90 Å². The van der Waals surface area contributed by atoms with Crippen molar-refractivity contribution in [3.05, 3.63) is 64.2 Å². The van der Waals surface area contributed by atoms with Crippen molar-refractivity contribution in [2.24, 2.45) is 11.8 Å². The lowest BCUT2D eigenvalue weighted by atomic mass is 9.76. The molecule has 0 radical (unpaired) electrons. The lowest BCUT2D eigenvalue weighted by Gasteiger charge is -2.29. The van der Waals surface area contributed by atoms with E-state index in [9.17, 15) is 24.3 Å². The summed E-state index contributed by atoms with van der Waals surface area (Å²) in [6, 6.07) is 12.3. The first-order valence-corrected chi connectivity index (χ1v) is 11.6. The standard InChI is InChI=1S/C25H24ClN3O5/c1-13-11-15(26)12-16-21(13)27-24(34)25(16)20-19(17(28-25)7-8-18(30)31)22(32)29(23(20)33)10-9-14-5-3-2-4-6-14/h2-6,11-12,17,19-20,28H,7-10H2,1H3,(H,27,34)(H,30,31)/t17-,19-,20-,25-/m1/s1. The summed E-state index contributed by atoms with van der Waals surface area (Å²) in [7, 11) is 0. The molecule has 2 aromatic carbocycles. The summed E-state index contributed by atoms with van der Waals surface area (Å²) in [5.74, 6) is -4.03. The molecule has 2 aromatic rings. The molecule has 0 bridgehead atoms. The Kier molecular flexibility index (Phi) is 5.45. The van der Waals surface area contributed by atoms with Crippen LogP contribution in [0.25, 0.3) is 0 Å². The van der Waals surface area contributed by atoms with E-state index in [1.54, 1.807) is 12.1 Å². The molecule has 2 fully saturated rings. The van der Waals surface area contributed by atoms with Crippen molar-refractivity contribution >= 4 is 41.0 Å². The predicted molar refractivity (Wildman–Crippen MR) is 124 cm³/mol. The van der Waals surface area contributed by atoms with Gasteiger partial charge >= 0.3 is 5.97 Å². The van der Waals surface area contributed by atoms with Crippen LogP contribution in [0.4, 0.5) is 5.69 Å². The molecule has 0 aliphatic carbocycles. The summed E-state index contributed by atoms with van der Waals surface area (Å²) in [4.78, 5) is 53.3. The fourth-order valence-electron chi connectivity index (χ4n) is 5.73. The Morgan fingerprint density at radius 1 is 1.15 bits per heavy atom. The van der Waals surface area contributed by atoms with Gasteiger partial charge in [0.1, 0.15) is 5.54 Å². The summed E-state index contributed by atoms with van der Waals surface area (Å²) in [5, 5.41) is 15.8. The van der Waals surface area contributed by atoms with Gasteiger partial charge in [-0.2, -0.15) is 0 Å². The molecule has 0 aromatic heterocycles. The Hall–Kier alpha value is -3.23. The zero-order chi connectivity index (χ0) is 24.2. The van der Waals surface area contributed by atoms with Gasteiger partial charge in [-0.1, -0.05) is 41.9 Å². The molecule has 3 aliphatic rings. The minimum absolute atomic E-state index is 0.117. The maximum absolute atomic E-state index is 13.7. The van der Waals surface area contributed by atoms with Crippen LogP contribution in [-0.4, -0.2) is 46.3 Å². The predicted octanol–water partition coefficient (Wildman–Crippen LogP) is 2.48. The summed E-state index contributed by atoms with van der Waals surface area (Å²) < 4.78 is 0. The van der Waals surface area contributed by atoms with Crippen LogP contribution in [0.2, 0.25) is 5.02 Å². The van der Waals surface area contributed by atoms with E-state index < -0.39 is 41.2 Å². The van der Waals surface area contributed by atoms with Crippen molar-refractivity contribution < 1.29 is 24.3 Å². The van der Waals surface area contributed by atoms with Crippen LogP contribution >= 0.6 is 11.6 Å². The van der Waals surface area contributed by atoms with Crippen LogP contribution in [0.1, 0.15) is 29.5 Å². The first kappa shape index (κ1) is 22.6. The molecule has 2 saturated heterocycles. The monoisotopic (exact) mass is 481 g/mol. The zero-order valence-electron chi connectivity index (χ0n) is 18.5. The second-order valence-corrected chi connectivity index (χ2v) is 9.59. The molecule has 0 saturated carbocycles. The van der Waals surface area contributed by atoms with Crippen LogP contribution in [0.3, 0.4) is 0 Å². The van der Waals surface area contributed by atoms with Gasteiger partial charge < -0.3 is 10.4 Å². The van der Waals surface area contributed by atoms with E-state index in [1.807, 2.05) is 37.3 Å². The Labute approximate surface area is 201 Å². The number of aryl methyl sites for hydroxylation is 1. The zero-order valence-corrected chi connectivity index (χ0v) is 19.3. The minimum Gasteiger partial charge on any atom is -0.481 e. The molecular formula is C25H24ClN3O5. The molecule has 34 heavy (non-hydrogen) atoms. The van der Waals surface area contributed by atoms with Gasteiger partial charge in [0.2, 0.25) is 17.7 Å².